The molecule has 9 nitrogen and oxygen atoms in total. The predicted octanol–water partition coefficient (Wildman–Crippen LogP) is 8.84. The summed E-state index contributed by atoms with van der Waals surface area (Å²) in [6.45, 7) is 6.77. The first kappa shape index (κ1) is 40.4. The predicted molar refractivity (Wildman–Crippen MR) is 217 cm³/mol. The molecular weight excluding hydrogens is 792 g/mol. The molecule has 0 radical (unpaired) electrons. The molecule has 5 aromatic rings. The van der Waals surface area contributed by atoms with Crippen molar-refractivity contribution in [2.75, 3.05) is 0 Å². The van der Waals surface area contributed by atoms with E-state index < -0.39 is 60.8 Å². The van der Waals surface area contributed by atoms with Gasteiger partial charge in [-0.1, -0.05) is 113 Å². The Kier molecular flexibility index (Phi) is 11.6. The van der Waals surface area contributed by atoms with Gasteiger partial charge < -0.3 is 4.74 Å². The second-order valence-electron chi connectivity index (χ2n) is 13.5. The molecule has 0 saturated carbocycles. The monoisotopic (exact) mass is 826 g/mol. The lowest BCUT2D eigenvalue weighted by atomic mass is 9.64. The number of amides is 1. The minimum Gasteiger partial charge on any atom is -0.459 e. The largest absolute Gasteiger partial charge is 0.459 e. The molecule has 0 unspecified atom stereocenters. The number of nitrogens with zero attached hydrogens (tertiary/aromatic N) is 2. The van der Waals surface area contributed by atoms with Crippen molar-refractivity contribution < 1.29 is 31.2 Å². The number of halogens is 2. The smallest absolute Gasteiger partial charge is 0.343 e. The fourth-order valence-corrected chi connectivity index (χ4v) is 9.25. The van der Waals surface area contributed by atoms with Gasteiger partial charge in [-0.25, -0.2) is 13.2 Å². The first-order valence-electron chi connectivity index (χ1n) is 17.4. The summed E-state index contributed by atoms with van der Waals surface area (Å²) in [7, 11) is -9.71. The summed E-state index contributed by atoms with van der Waals surface area (Å²) in [5.41, 5.74) is 2.59. The molecule has 1 fully saturated rings. The Morgan fingerprint density at radius 2 is 1.29 bits per heavy atom. The van der Waals surface area contributed by atoms with Crippen molar-refractivity contribution in [3.05, 3.63) is 177 Å². The second kappa shape index (κ2) is 16.1. The minimum atomic E-state index is -4.97. The Bertz CT molecular complexity index is 2600. The molecule has 1 amide bonds. The molecule has 0 spiro atoms. The summed E-state index contributed by atoms with van der Waals surface area (Å²) in [4.78, 5) is 29.9. The van der Waals surface area contributed by atoms with E-state index in [2.05, 4.69) is 10.1 Å². The van der Waals surface area contributed by atoms with Crippen LogP contribution in [0.5, 0.6) is 0 Å². The number of hydrogen-bond donors (Lipinski definition) is 0. The molecule has 56 heavy (non-hydrogen) atoms. The van der Waals surface area contributed by atoms with Crippen molar-refractivity contribution in [1.29, 1.82) is 0 Å². The van der Waals surface area contributed by atoms with Gasteiger partial charge in [0, 0.05) is 10.0 Å². The van der Waals surface area contributed by atoms with Crippen molar-refractivity contribution in [1.82, 2.24) is 4.31 Å². The average molecular weight is 828 g/mol. The molecule has 286 valence electrons. The summed E-state index contributed by atoms with van der Waals surface area (Å²) in [5, 5.41) is 0.566. The van der Waals surface area contributed by atoms with Crippen molar-refractivity contribution in [2.45, 2.75) is 54.9 Å². The second-order valence-corrected chi connectivity index (χ2v) is 17.7. The van der Waals surface area contributed by atoms with Crippen LogP contribution in [-0.4, -0.2) is 45.0 Å². The van der Waals surface area contributed by atoms with E-state index in [0.717, 1.165) is 11.1 Å². The average Bonchev–Trinajstić information content (AvgIpc) is 3.40. The number of ether oxygens (including phenoxy) is 1. The van der Waals surface area contributed by atoms with Crippen molar-refractivity contribution >= 4 is 67.0 Å². The molecule has 1 heterocycles. The quantitative estimate of drug-likeness (QED) is 0.0782. The highest BCUT2D eigenvalue weighted by Crippen LogP contribution is 2.54. The van der Waals surface area contributed by atoms with E-state index in [1.807, 2.05) is 0 Å². The number of carbonyl (C=O) groups excluding carboxylic acids is 2. The van der Waals surface area contributed by atoms with E-state index in [1.54, 1.807) is 82.3 Å². The molecule has 1 aliphatic rings. The molecule has 0 aromatic heterocycles. The number of aryl methyl sites for hydroxylation is 2. The maximum atomic E-state index is 15.9. The Balaban J connectivity index is 1.84. The van der Waals surface area contributed by atoms with Gasteiger partial charge in [0.05, 0.1) is 21.8 Å². The molecule has 6 rings (SSSR count). The van der Waals surface area contributed by atoms with Crippen LogP contribution in [0.3, 0.4) is 0 Å². The van der Waals surface area contributed by atoms with Crippen LogP contribution >= 0.6 is 23.2 Å². The third-order valence-electron chi connectivity index (χ3n) is 9.14. The van der Waals surface area contributed by atoms with E-state index in [1.165, 1.54) is 78.9 Å². The summed E-state index contributed by atoms with van der Waals surface area (Å²) in [6, 6.07) is 32.3. The Labute approximate surface area is 336 Å². The summed E-state index contributed by atoms with van der Waals surface area (Å²) in [6.07, 6.45) is 0.767. The van der Waals surface area contributed by atoms with E-state index in [0.29, 0.717) is 14.9 Å². The molecule has 1 saturated heterocycles. The van der Waals surface area contributed by atoms with Crippen LogP contribution in [0.25, 0.3) is 6.08 Å². The topological polar surface area (TPSA) is 127 Å². The van der Waals surface area contributed by atoms with Crippen molar-refractivity contribution in [3.63, 3.8) is 0 Å². The van der Waals surface area contributed by atoms with Gasteiger partial charge in [-0.3, -0.25) is 4.79 Å². The maximum absolute atomic E-state index is 15.9. The van der Waals surface area contributed by atoms with E-state index in [-0.39, 0.29) is 25.9 Å². The molecule has 13 heteroatoms. The number of rotatable bonds is 10. The van der Waals surface area contributed by atoms with Crippen LogP contribution in [-0.2, 0) is 39.8 Å². The number of benzene rings is 5. The summed E-state index contributed by atoms with van der Waals surface area (Å²) >= 11 is 12.7. The zero-order valence-corrected chi connectivity index (χ0v) is 33.8. The first-order valence-corrected chi connectivity index (χ1v) is 21.0. The molecule has 0 bridgehead atoms. The van der Waals surface area contributed by atoms with Gasteiger partial charge in [0.15, 0.2) is 0 Å². The number of sulfonamides is 2. The number of carbonyl (C=O) groups is 2. The number of esters is 1. The SMILES string of the molecule is Cc1ccc(S(=O)(=O)/N=C2/[C@@H](c3ccc(Cl)cc3)[C@@](C(=C=Cc3ccccc3)C(=O)OC(C)C)(c3ccc(Cl)cc3)C(=O)N2S(=O)(=O)c2ccc(C)cc2)cc1. The lowest BCUT2D eigenvalue weighted by molar-refractivity contribution is -0.145. The van der Waals surface area contributed by atoms with Gasteiger partial charge in [-0.2, -0.15) is 12.7 Å². The third kappa shape index (κ3) is 7.87. The molecule has 0 aliphatic carbocycles. The zero-order valence-electron chi connectivity index (χ0n) is 30.7. The molecule has 1 aliphatic heterocycles. The molecule has 5 aromatic carbocycles. The van der Waals surface area contributed by atoms with Crippen LogP contribution < -0.4 is 0 Å². The van der Waals surface area contributed by atoms with Crippen LogP contribution in [0, 0.1) is 13.8 Å². The van der Waals surface area contributed by atoms with E-state index in [9.17, 15) is 13.2 Å². The summed E-state index contributed by atoms with van der Waals surface area (Å²) in [5.74, 6) is -4.53. The zero-order chi connectivity index (χ0) is 40.4. The van der Waals surface area contributed by atoms with Crippen LogP contribution in [0.2, 0.25) is 10.0 Å². The van der Waals surface area contributed by atoms with E-state index >= 15 is 13.2 Å². The fourth-order valence-electron chi connectivity index (χ4n) is 6.49. The van der Waals surface area contributed by atoms with Gasteiger partial charge in [-0.05, 0) is 99.0 Å². The molecular formula is C43H36Cl2N2O7S2. The maximum Gasteiger partial charge on any atom is 0.343 e. The Morgan fingerprint density at radius 1 is 0.768 bits per heavy atom. The van der Waals surface area contributed by atoms with Crippen LogP contribution in [0.4, 0.5) is 0 Å². The van der Waals surface area contributed by atoms with Gasteiger partial charge >= 0.3 is 5.97 Å². The number of hydrogen-bond acceptors (Lipinski definition) is 7. The van der Waals surface area contributed by atoms with Gasteiger partial charge in [0.1, 0.15) is 16.8 Å². The van der Waals surface area contributed by atoms with Gasteiger partial charge in [-0.15, -0.1) is 10.1 Å². The van der Waals surface area contributed by atoms with Crippen molar-refractivity contribution in [2.24, 2.45) is 4.40 Å². The van der Waals surface area contributed by atoms with Gasteiger partial charge in [0.2, 0.25) is 0 Å². The normalized spacial score (nSPS) is 17.8. The van der Waals surface area contributed by atoms with Crippen LogP contribution in [0.1, 0.15) is 47.6 Å². The number of amidine groups is 1. The van der Waals surface area contributed by atoms with Crippen molar-refractivity contribution in [3.8, 4) is 0 Å². The first-order chi connectivity index (χ1) is 26.5. The van der Waals surface area contributed by atoms with Gasteiger partial charge in [0.25, 0.3) is 26.0 Å². The standard InChI is InChI=1S/C43H36Cl2N2O7S2/c1-28(2)54-41(48)38(27-14-31-8-6-5-7-9-31)43(33-17-21-35(45)22-18-33)39(32-15-19-34(44)20-16-32)40(46-55(50,51)36-23-10-29(3)11-24-36)47(42(43)49)56(52,53)37-25-12-30(4)13-26-37/h5-26,28,39H,1-4H3/b46-40-/t27?,39-,43+/m1/s1. The highest BCUT2D eigenvalue weighted by molar-refractivity contribution is 7.91. The molecule has 0 N–H and O–H groups in total. The highest BCUT2D eigenvalue weighted by Gasteiger charge is 2.66. The Hall–Kier alpha value is -5.29. The van der Waals surface area contributed by atoms with Crippen LogP contribution in [0.15, 0.2) is 153 Å². The molecule has 2 atom stereocenters. The third-order valence-corrected chi connectivity index (χ3v) is 12.6. The summed E-state index contributed by atoms with van der Waals surface area (Å²) < 4.78 is 69.2. The fraction of sp³-hybridized carbons (Fsp3) is 0.163. The Morgan fingerprint density at radius 3 is 1.82 bits per heavy atom. The lowest BCUT2D eigenvalue weighted by Gasteiger charge is -2.33. The minimum absolute atomic E-state index is 0.0820. The lowest BCUT2D eigenvalue weighted by Crippen LogP contribution is -2.46. The highest BCUT2D eigenvalue weighted by atomic mass is 35.5. The van der Waals surface area contributed by atoms with E-state index in [4.69, 9.17) is 27.9 Å².